The Morgan fingerprint density at radius 1 is 1.33 bits per heavy atom. The summed E-state index contributed by atoms with van der Waals surface area (Å²) in [6.07, 6.45) is 3.96. The highest BCUT2D eigenvalue weighted by Gasteiger charge is 2.19. The number of benzene rings is 1. The first-order valence-corrected chi connectivity index (χ1v) is 7.74. The maximum absolute atomic E-state index is 5.56. The summed E-state index contributed by atoms with van der Waals surface area (Å²) in [4.78, 5) is 8.99. The zero-order chi connectivity index (χ0) is 14.7. The lowest BCUT2D eigenvalue weighted by molar-refractivity contribution is 0.314. The maximum atomic E-state index is 5.56. The van der Waals surface area contributed by atoms with Crippen molar-refractivity contribution in [2.24, 2.45) is 10.7 Å². The highest BCUT2D eigenvalue weighted by molar-refractivity contribution is 5.73. The van der Waals surface area contributed by atoms with Crippen LogP contribution in [0.2, 0.25) is 0 Å². The predicted molar refractivity (Wildman–Crippen MR) is 87.1 cm³/mol. The van der Waals surface area contributed by atoms with Gasteiger partial charge in [0.25, 0.3) is 6.02 Å². The van der Waals surface area contributed by atoms with Crippen molar-refractivity contribution >= 4 is 17.4 Å². The summed E-state index contributed by atoms with van der Waals surface area (Å²) in [6, 6.07) is 9.21. The van der Waals surface area contributed by atoms with E-state index in [4.69, 9.17) is 10.5 Å². The summed E-state index contributed by atoms with van der Waals surface area (Å²) in [6.45, 7) is 3.75. The van der Waals surface area contributed by atoms with Gasteiger partial charge < -0.3 is 20.3 Å². The maximum Gasteiger partial charge on any atom is 0.282 e. The Morgan fingerprint density at radius 2 is 2.14 bits per heavy atom. The number of likely N-dealkylation sites (N-methyl/N-ethyl adjacent to an activating group) is 1. The van der Waals surface area contributed by atoms with E-state index in [0.29, 0.717) is 12.6 Å². The minimum Gasteiger partial charge on any atom is -0.463 e. The molecule has 1 aromatic carbocycles. The molecule has 0 saturated carbocycles. The molecular formula is C16H24N4O. The van der Waals surface area contributed by atoms with Crippen molar-refractivity contribution in [1.82, 2.24) is 0 Å². The van der Waals surface area contributed by atoms with Gasteiger partial charge in [0, 0.05) is 38.1 Å². The third kappa shape index (κ3) is 3.40. The van der Waals surface area contributed by atoms with Gasteiger partial charge in [-0.2, -0.15) is 0 Å². The van der Waals surface area contributed by atoms with Gasteiger partial charge in [-0.25, -0.2) is 4.99 Å². The van der Waals surface area contributed by atoms with Gasteiger partial charge in [-0.1, -0.05) is 6.07 Å². The van der Waals surface area contributed by atoms with Crippen LogP contribution in [0.15, 0.2) is 29.3 Å². The molecule has 5 heteroatoms. The van der Waals surface area contributed by atoms with Gasteiger partial charge in [-0.3, -0.25) is 0 Å². The molecule has 3 rings (SSSR count). The highest BCUT2D eigenvalue weighted by Crippen LogP contribution is 2.25. The molecule has 0 bridgehead atoms. The first-order valence-electron chi connectivity index (χ1n) is 7.74. The normalized spacial score (nSPS) is 21.9. The lowest BCUT2D eigenvalue weighted by atomic mass is 10.1. The van der Waals surface area contributed by atoms with Crippen LogP contribution in [0.25, 0.3) is 0 Å². The van der Waals surface area contributed by atoms with Gasteiger partial charge in [0.05, 0.1) is 0 Å². The molecular weight excluding hydrogens is 264 g/mol. The standard InChI is InChI=1S/C16H24N4O/c1-19(11-13-12-21-16(17)18-13)14-6-5-7-15(10-14)20-8-3-2-4-9-20/h5-7,10,13H,2-4,8-9,11-12H2,1H3,(H2,17,18)/t13-/m0/s1. The summed E-state index contributed by atoms with van der Waals surface area (Å²) >= 11 is 0. The molecule has 2 N–H and O–H groups in total. The Labute approximate surface area is 126 Å². The van der Waals surface area contributed by atoms with Crippen LogP contribution in [-0.4, -0.2) is 45.4 Å². The quantitative estimate of drug-likeness (QED) is 0.918. The van der Waals surface area contributed by atoms with E-state index in [0.717, 1.165) is 6.54 Å². The minimum atomic E-state index is 0.133. The van der Waals surface area contributed by atoms with E-state index in [9.17, 15) is 0 Å². The van der Waals surface area contributed by atoms with E-state index in [-0.39, 0.29) is 6.04 Å². The monoisotopic (exact) mass is 288 g/mol. The zero-order valence-electron chi connectivity index (χ0n) is 12.7. The number of ether oxygens (including phenoxy) is 1. The number of rotatable bonds is 4. The first-order chi connectivity index (χ1) is 10.2. The number of hydrogen-bond acceptors (Lipinski definition) is 5. The number of amidine groups is 1. The average molecular weight is 288 g/mol. The molecule has 1 aromatic rings. The summed E-state index contributed by atoms with van der Waals surface area (Å²) in [5, 5.41) is 0. The van der Waals surface area contributed by atoms with E-state index in [1.54, 1.807) is 0 Å². The summed E-state index contributed by atoms with van der Waals surface area (Å²) in [7, 11) is 2.10. The molecule has 0 amide bonds. The van der Waals surface area contributed by atoms with E-state index >= 15 is 0 Å². The van der Waals surface area contributed by atoms with Gasteiger partial charge >= 0.3 is 0 Å². The smallest absolute Gasteiger partial charge is 0.282 e. The molecule has 21 heavy (non-hydrogen) atoms. The lowest BCUT2D eigenvalue weighted by Crippen LogP contribution is -2.31. The second-order valence-electron chi connectivity index (χ2n) is 5.88. The SMILES string of the molecule is CN(C[C@H]1COC(N)=N1)c1cccc(N2CCCCC2)c1. The number of nitrogens with zero attached hydrogens (tertiary/aromatic N) is 3. The lowest BCUT2D eigenvalue weighted by Gasteiger charge is -2.30. The van der Waals surface area contributed by atoms with Crippen LogP contribution in [0.5, 0.6) is 0 Å². The third-order valence-electron chi connectivity index (χ3n) is 4.21. The topological polar surface area (TPSA) is 54.1 Å². The molecule has 2 aliphatic rings. The molecule has 0 unspecified atom stereocenters. The summed E-state index contributed by atoms with van der Waals surface area (Å²) in [5.41, 5.74) is 8.11. The molecule has 2 heterocycles. The van der Waals surface area contributed by atoms with Crippen molar-refractivity contribution in [3.05, 3.63) is 24.3 Å². The van der Waals surface area contributed by atoms with Crippen molar-refractivity contribution in [3.8, 4) is 0 Å². The van der Waals surface area contributed by atoms with E-state index in [1.165, 1.54) is 43.7 Å². The van der Waals surface area contributed by atoms with E-state index in [1.807, 2.05) is 0 Å². The number of aliphatic imine (C=N–C) groups is 1. The Bertz CT molecular complexity index is 511. The Morgan fingerprint density at radius 3 is 2.86 bits per heavy atom. The molecule has 1 atom stereocenters. The molecule has 0 spiro atoms. The minimum absolute atomic E-state index is 0.133. The van der Waals surface area contributed by atoms with E-state index < -0.39 is 0 Å². The van der Waals surface area contributed by atoms with Gasteiger partial charge in [0.2, 0.25) is 0 Å². The van der Waals surface area contributed by atoms with Crippen LogP contribution in [0.1, 0.15) is 19.3 Å². The summed E-state index contributed by atoms with van der Waals surface area (Å²) < 4.78 is 5.21. The molecule has 2 aliphatic heterocycles. The average Bonchev–Trinajstić information content (AvgIpc) is 2.93. The molecule has 5 nitrogen and oxygen atoms in total. The van der Waals surface area contributed by atoms with Crippen molar-refractivity contribution in [2.45, 2.75) is 25.3 Å². The Hall–Kier alpha value is -1.91. The van der Waals surface area contributed by atoms with Crippen LogP contribution >= 0.6 is 0 Å². The van der Waals surface area contributed by atoms with Crippen LogP contribution in [-0.2, 0) is 4.74 Å². The van der Waals surface area contributed by atoms with Gasteiger partial charge in [0.1, 0.15) is 12.6 Å². The zero-order valence-corrected chi connectivity index (χ0v) is 12.7. The van der Waals surface area contributed by atoms with Crippen molar-refractivity contribution in [2.75, 3.05) is 43.1 Å². The fourth-order valence-corrected chi connectivity index (χ4v) is 3.03. The molecule has 1 fully saturated rings. The van der Waals surface area contributed by atoms with Gasteiger partial charge in [0.15, 0.2) is 0 Å². The van der Waals surface area contributed by atoms with Crippen LogP contribution in [0.3, 0.4) is 0 Å². The number of hydrogen-bond donors (Lipinski definition) is 1. The highest BCUT2D eigenvalue weighted by atomic mass is 16.5. The number of anilines is 2. The van der Waals surface area contributed by atoms with Crippen LogP contribution in [0, 0.1) is 0 Å². The second-order valence-corrected chi connectivity index (χ2v) is 5.88. The van der Waals surface area contributed by atoms with Crippen molar-refractivity contribution < 1.29 is 4.74 Å². The molecule has 114 valence electrons. The molecule has 0 aliphatic carbocycles. The fraction of sp³-hybridized carbons (Fsp3) is 0.562. The molecule has 0 aromatic heterocycles. The molecule has 0 radical (unpaired) electrons. The van der Waals surface area contributed by atoms with Gasteiger partial charge in [-0.05, 0) is 37.5 Å². The largest absolute Gasteiger partial charge is 0.463 e. The fourth-order valence-electron chi connectivity index (χ4n) is 3.03. The molecule has 1 saturated heterocycles. The van der Waals surface area contributed by atoms with Crippen LogP contribution < -0.4 is 15.5 Å². The van der Waals surface area contributed by atoms with Crippen LogP contribution in [0.4, 0.5) is 11.4 Å². The Balaban J connectivity index is 1.67. The third-order valence-corrected chi connectivity index (χ3v) is 4.21. The van der Waals surface area contributed by atoms with Crippen molar-refractivity contribution in [1.29, 1.82) is 0 Å². The van der Waals surface area contributed by atoms with Crippen molar-refractivity contribution in [3.63, 3.8) is 0 Å². The second kappa shape index (κ2) is 6.24. The Kier molecular flexibility index (Phi) is 4.18. The summed E-state index contributed by atoms with van der Waals surface area (Å²) in [5.74, 6) is 0. The van der Waals surface area contributed by atoms with E-state index in [2.05, 4.69) is 46.1 Å². The van der Waals surface area contributed by atoms with Gasteiger partial charge in [-0.15, -0.1) is 0 Å². The number of piperidine rings is 1. The first kappa shape index (κ1) is 14.0. The predicted octanol–water partition coefficient (Wildman–Crippen LogP) is 1.83. The number of nitrogens with two attached hydrogens (primary N) is 1.